The molecular formula is C13H9N3O4S. The monoisotopic (exact) mass is 303 g/mol. The number of nitrogens with one attached hydrogen (secondary N) is 1. The lowest BCUT2D eigenvalue weighted by Crippen LogP contribution is -2.09. The van der Waals surface area contributed by atoms with Crippen LogP contribution in [0.3, 0.4) is 0 Å². The number of nitrogens with zero attached hydrogens (tertiary/aromatic N) is 2. The third kappa shape index (κ3) is 3.77. The lowest BCUT2D eigenvalue weighted by molar-refractivity contribution is -0.380. The Balaban J connectivity index is 2.01. The van der Waals surface area contributed by atoms with E-state index < -0.39 is 10.8 Å². The van der Waals surface area contributed by atoms with Gasteiger partial charge < -0.3 is 10.1 Å². The Morgan fingerprint density at radius 2 is 2.05 bits per heavy atom. The van der Waals surface area contributed by atoms with Gasteiger partial charge in [0.15, 0.2) is 6.61 Å². The van der Waals surface area contributed by atoms with Crippen molar-refractivity contribution < 1.29 is 14.5 Å². The number of ether oxygens (including phenoxy) is 1. The molecule has 0 aliphatic heterocycles. The van der Waals surface area contributed by atoms with Gasteiger partial charge in [0.05, 0.1) is 9.80 Å². The van der Waals surface area contributed by atoms with Crippen LogP contribution in [0.2, 0.25) is 0 Å². The topological polar surface area (TPSA) is 105 Å². The first kappa shape index (κ1) is 14.5. The number of nitro groups is 1. The van der Waals surface area contributed by atoms with E-state index in [0.717, 1.165) is 11.3 Å². The molecule has 0 saturated carbocycles. The van der Waals surface area contributed by atoms with Crippen LogP contribution in [-0.2, 0) is 0 Å². The van der Waals surface area contributed by atoms with Crippen molar-refractivity contribution >= 4 is 27.9 Å². The lowest BCUT2D eigenvalue weighted by atomic mass is 10.3. The van der Waals surface area contributed by atoms with Gasteiger partial charge in [-0.3, -0.25) is 14.9 Å². The third-order valence-electron chi connectivity index (χ3n) is 2.41. The molecule has 0 fully saturated rings. The smallest absolute Gasteiger partial charge is 0.324 e. The van der Waals surface area contributed by atoms with Crippen molar-refractivity contribution in [2.45, 2.75) is 0 Å². The standard InChI is InChI=1S/C13H9N3O4S/c14-7-8-20-10-3-1-9(2-4-10)15-13(17)11-5-6-12(21-11)16(18)19/h1-6H,8H2,(H,15,17). The molecule has 0 saturated heterocycles. The average Bonchev–Trinajstić information content (AvgIpc) is 2.97. The molecule has 0 aliphatic carbocycles. The van der Waals surface area contributed by atoms with E-state index in [-0.39, 0.29) is 16.5 Å². The van der Waals surface area contributed by atoms with Gasteiger partial charge in [0.1, 0.15) is 11.8 Å². The van der Waals surface area contributed by atoms with Crippen LogP contribution in [0.4, 0.5) is 10.7 Å². The van der Waals surface area contributed by atoms with E-state index in [2.05, 4.69) is 5.32 Å². The summed E-state index contributed by atoms with van der Waals surface area (Å²) in [5.74, 6) is 0.0973. The van der Waals surface area contributed by atoms with E-state index in [1.165, 1.54) is 12.1 Å². The Morgan fingerprint density at radius 3 is 2.62 bits per heavy atom. The molecule has 21 heavy (non-hydrogen) atoms. The summed E-state index contributed by atoms with van der Waals surface area (Å²) in [5.41, 5.74) is 0.528. The van der Waals surface area contributed by atoms with Crippen LogP contribution >= 0.6 is 11.3 Å². The molecule has 0 radical (unpaired) electrons. The third-order valence-corrected chi connectivity index (χ3v) is 3.45. The molecule has 106 valence electrons. The molecule has 1 N–H and O–H groups in total. The number of nitriles is 1. The molecule has 1 amide bonds. The van der Waals surface area contributed by atoms with Crippen LogP contribution in [0.5, 0.6) is 5.75 Å². The molecule has 0 atom stereocenters. The maximum Gasteiger partial charge on any atom is 0.324 e. The van der Waals surface area contributed by atoms with Crippen LogP contribution in [0.1, 0.15) is 9.67 Å². The number of anilines is 1. The predicted octanol–water partition coefficient (Wildman–Crippen LogP) is 2.81. The fourth-order valence-electron chi connectivity index (χ4n) is 1.49. The molecule has 0 bridgehead atoms. The summed E-state index contributed by atoms with van der Waals surface area (Å²) in [6.45, 7) is -0.0510. The first-order valence-corrected chi connectivity index (χ1v) is 6.57. The maximum absolute atomic E-state index is 11.9. The molecule has 1 aromatic carbocycles. The summed E-state index contributed by atoms with van der Waals surface area (Å²) in [7, 11) is 0. The molecule has 0 unspecified atom stereocenters. The first-order valence-electron chi connectivity index (χ1n) is 5.75. The number of rotatable bonds is 5. The van der Waals surface area contributed by atoms with Gasteiger partial charge in [0.25, 0.3) is 5.91 Å². The van der Waals surface area contributed by atoms with Crippen molar-refractivity contribution in [1.29, 1.82) is 5.26 Å². The molecular weight excluding hydrogens is 294 g/mol. The van der Waals surface area contributed by atoms with Crippen LogP contribution in [0.25, 0.3) is 0 Å². The van der Waals surface area contributed by atoms with Gasteiger partial charge in [-0.25, -0.2) is 0 Å². The number of amides is 1. The van der Waals surface area contributed by atoms with E-state index in [0.29, 0.717) is 11.4 Å². The summed E-state index contributed by atoms with van der Waals surface area (Å²) in [6.07, 6.45) is 0. The molecule has 2 rings (SSSR count). The molecule has 8 heteroatoms. The second-order valence-electron chi connectivity index (χ2n) is 3.82. The maximum atomic E-state index is 11.9. The highest BCUT2D eigenvalue weighted by Gasteiger charge is 2.15. The van der Waals surface area contributed by atoms with Crippen molar-refractivity contribution in [3.05, 3.63) is 51.4 Å². The van der Waals surface area contributed by atoms with Gasteiger partial charge in [-0.1, -0.05) is 11.3 Å². The van der Waals surface area contributed by atoms with Crippen LogP contribution in [0.15, 0.2) is 36.4 Å². The van der Waals surface area contributed by atoms with Gasteiger partial charge in [-0.05, 0) is 30.3 Å². The second kappa shape index (κ2) is 6.49. The van der Waals surface area contributed by atoms with Crippen LogP contribution in [0, 0.1) is 21.4 Å². The summed E-state index contributed by atoms with van der Waals surface area (Å²) in [4.78, 5) is 22.2. The van der Waals surface area contributed by atoms with E-state index >= 15 is 0 Å². The molecule has 1 aromatic heterocycles. The highest BCUT2D eigenvalue weighted by Crippen LogP contribution is 2.25. The van der Waals surface area contributed by atoms with E-state index in [1.54, 1.807) is 24.3 Å². The minimum absolute atomic E-state index is 0.0510. The fraction of sp³-hybridized carbons (Fsp3) is 0.0769. The number of hydrogen-bond donors (Lipinski definition) is 1. The van der Waals surface area contributed by atoms with Gasteiger partial charge >= 0.3 is 5.00 Å². The van der Waals surface area contributed by atoms with Crippen molar-refractivity contribution in [3.63, 3.8) is 0 Å². The zero-order chi connectivity index (χ0) is 15.2. The Labute approximate surface area is 123 Å². The summed E-state index contributed by atoms with van der Waals surface area (Å²) in [5, 5.41) is 21.5. The van der Waals surface area contributed by atoms with Crippen molar-refractivity contribution in [1.82, 2.24) is 0 Å². The van der Waals surface area contributed by atoms with Crippen molar-refractivity contribution in [3.8, 4) is 11.8 Å². The number of thiophene rings is 1. The fourth-order valence-corrected chi connectivity index (χ4v) is 2.21. The normalized spacial score (nSPS) is 9.67. The SMILES string of the molecule is N#CCOc1ccc(NC(=O)c2ccc([N+](=O)[O-])s2)cc1. The van der Waals surface area contributed by atoms with E-state index in [9.17, 15) is 14.9 Å². The average molecular weight is 303 g/mol. The largest absolute Gasteiger partial charge is 0.479 e. The summed E-state index contributed by atoms with van der Waals surface area (Å²) in [6, 6.07) is 11.0. The number of hydrogen-bond acceptors (Lipinski definition) is 6. The summed E-state index contributed by atoms with van der Waals surface area (Å²) < 4.78 is 5.08. The first-order chi connectivity index (χ1) is 10.1. The van der Waals surface area contributed by atoms with Crippen LogP contribution in [-0.4, -0.2) is 17.4 Å². The van der Waals surface area contributed by atoms with Gasteiger partial charge in [-0.2, -0.15) is 5.26 Å². The number of benzene rings is 1. The van der Waals surface area contributed by atoms with Gasteiger partial charge in [0.2, 0.25) is 0 Å². The number of carbonyl (C=O) groups excluding carboxylic acids is 1. The molecule has 2 aromatic rings. The lowest BCUT2D eigenvalue weighted by Gasteiger charge is -2.05. The van der Waals surface area contributed by atoms with Gasteiger partial charge in [0, 0.05) is 11.8 Å². The highest BCUT2D eigenvalue weighted by atomic mass is 32.1. The van der Waals surface area contributed by atoms with Gasteiger partial charge in [-0.15, -0.1) is 0 Å². The van der Waals surface area contributed by atoms with E-state index in [1.807, 2.05) is 6.07 Å². The quantitative estimate of drug-likeness (QED) is 0.675. The van der Waals surface area contributed by atoms with Crippen molar-refractivity contribution in [2.24, 2.45) is 0 Å². The number of carbonyl (C=O) groups is 1. The second-order valence-corrected chi connectivity index (χ2v) is 4.88. The Hall–Kier alpha value is -2.92. The highest BCUT2D eigenvalue weighted by molar-refractivity contribution is 7.17. The summed E-state index contributed by atoms with van der Waals surface area (Å²) >= 11 is 0.811. The molecule has 0 aliphatic rings. The van der Waals surface area contributed by atoms with Crippen molar-refractivity contribution in [2.75, 3.05) is 11.9 Å². The van der Waals surface area contributed by atoms with E-state index in [4.69, 9.17) is 10.00 Å². The van der Waals surface area contributed by atoms with Crippen LogP contribution < -0.4 is 10.1 Å². The molecule has 0 spiro atoms. The minimum Gasteiger partial charge on any atom is -0.479 e. The zero-order valence-electron chi connectivity index (χ0n) is 10.6. The molecule has 1 heterocycles. The zero-order valence-corrected chi connectivity index (χ0v) is 11.4. The minimum atomic E-state index is -0.539. The Kier molecular flexibility index (Phi) is 4.48. The predicted molar refractivity (Wildman–Crippen MR) is 76.5 cm³/mol. The molecule has 7 nitrogen and oxygen atoms in total. The Bertz CT molecular complexity index is 703. The Morgan fingerprint density at radius 1 is 1.33 bits per heavy atom.